The molecule has 0 spiro atoms. The Balaban J connectivity index is 1.52. The maximum atomic E-state index is 13.1. The van der Waals surface area contributed by atoms with Gasteiger partial charge in [-0.25, -0.2) is 0 Å². The molecule has 2 bridgehead atoms. The molecule has 3 unspecified atom stereocenters. The van der Waals surface area contributed by atoms with Crippen LogP contribution in [-0.2, 0) is 11.2 Å². The Morgan fingerprint density at radius 3 is 3.11 bits per heavy atom. The molecule has 1 fully saturated rings. The number of aliphatic imine (C=N–C) groups is 1. The largest absolute Gasteiger partial charge is 0.370 e. The smallest absolute Gasteiger partial charge is 0.226 e. The van der Waals surface area contributed by atoms with Crippen LogP contribution in [0.5, 0.6) is 0 Å². The maximum Gasteiger partial charge on any atom is 0.226 e. The summed E-state index contributed by atoms with van der Waals surface area (Å²) in [6, 6.07) is 0. The van der Waals surface area contributed by atoms with Crippen molar-refractivity contribution in [2.75, 3.05) is 6.54 Å². The molecule has 0 radical (unpaired) electrons. The molecule has 2 N–H and O–H groups in total. The Kier molecular flexibility index (Phi) is 4.02. The predicted octanol–water partition coefficient (Wildman–Crippen LogP) is 3.16. The fraction of sp³-hybridized carbons (Fsp3) is 0.450. The van der Waals surface area contributed by atoms with Gasteiger partial charge in [0.2, 0.25) is 5.78 Å². The molecule has 1 aromatic heterocycles. The van der Waals surface area contributed by atoms with Crippen LogP contribution in [0.15, 0.2) is 34.6 Å². The van der Waals surface area contributed by atoms with Gasteiger partial charge in [0.15, 0.2) is 5.78 Å². The first-order valence-corrected chi connectivity index (χ1v) is 11.1. The number of Topliss-reactive ketones (excluding diaryl/α,β-unsaturated/α-hetero) is 2. The third-order valence-electron chi connectivity index (χ3n) is 5.99. The Hall–Kier alpha value is -1.60. The Labute approximate surface area is 170 Å². The van der Waals surface area contributed by atoms with Gasteiger partial charge >= 0.3 is 0 Å². The fourth-order valence-corrected chi connectivity index (χ4v) is 6.46. The first-order valence-electron chi connectivity index (χ1n) is 9.28. The third kappa shape index (κ3) is 2.54. The van der Waals surface area contributed by atoms with E-state index in [4.69, 9.17) is 4.99 Å². The highest BCUT2D eigenvalue weighted by Crippen LogP contribution is 2.50. The zero-order chi connectivity index (χ0) is 18.9. The van der Waals surface area contributed by atoms with E-state index in [1.807, 2.05) is 13.1 Å². The lowest BCUT2D eigenvalue weighted by Crippen LogP contribution is -2.41. The standard InChI is InChI=1S/C20H20BrN3O2S/c1-8(9(2)21)12(25)6-13-11-5-14(27-13)24-19-16(11)17-15-10(3-4-22-17)7-23-18(15)20(19)26/h7,9,11,13-14,23-24H,1,3-6H2,2H3/t9?,11?,13?,14-/m1/s1. The van der Waals surface area contributed by atoms with Crippen LogP contribution in [0.1, 0.15) is 41.4 Å². The second kappa shape index (κ2) is 6.21. The zero-order valence-electron chi connectivity index (χ0n) is 15.0. The number of aromatic nitrogens is 1. The molecular formula is C20H20BrN3O2S. The lowest BCUT2D eigenvalue weighted by molar-refractivity contribution is -0.115. The van der Waals surface area contributed by atoms with Crippen molar-refractivity contribution >= 4 is 45.0 Å². The first kappa shape index (κ1) is 17.5. The van der Waals surface area contributed by atoms with Gasteiger partial charge in [0, 0.05) is 51.9 Å². The van der Waals surface area contributed by atoms with Gasteiger partial charge in [-0.3, -0.25) is 14.6 Å². The summed E-state index contributed by atoms with van der Waals surface area (Å²) in [7, 11) is 0. The lowest BCUT2D eigenvalue weighted by atomic mass is 9.76. The molecule has 0 amide bonds. The molecule has 7 heteroatoms. The highest BCUT2D eigenvalue weighted by atomic mass is 79.9. The van der Waals surface area contributed by atoms with Crippen molar-refractivity contribution in [2.24, 2.45) is 10.9 Å². The van der Waals surface area contributed by atoms with Crippen LogP contribution in [0.2, 0.25) is 0 Å². The number of rotatable bonds is 4. The van der Waals surface area contributed by atoms with E-state index in [2.05, 4.69) is 32.8 Å². The van der Waals surface area contributed by atoms with Crippen LogP contribution >= 0.6 is 27.7 Å². The molecule has 4 heterocycles. The van der Waals surface area contributed by atoms with Gasteiger partial charge in [-0.1, -0.05) is 22.5 Å². The maximum absolute atomic E-state index is 13.1. The van der Waals surface area contributed by atoms with E-state index < -0.39 is 0 Å². The van der Waals surface area contributed by atoms with Gasteiger partial charge < -0.3 is 10.3 Å². The minimum Gasteiger partial charge on any atom is -0.370 e. The topological polar surface area (TPSA) is 74.3 Å². The molecule has 1 aliphatic carbocycles. The van der Waals surface area contributed by atoms with Crippen molar-refractivity contribution in [3.8, 4) is 0 Å². The molecule has 27 heavy (non-hydrogen) atoms. The van der Waals surface area contributed by atoms with Crippen molar-refractivity contribution in [3.05, 3.63) is 46.4 Å². The van der Waals surface area contributed by atoms with Gasteiger partial charge in [-0.05, 0) is 25.3 Å². The average molecular weight is 446 g/mol. The Morgan fingerprint density at radius 1 is 1.52 bits per heavy atom. The fourth-order valence-electron chi connectivity index (χ4n) is 4.60. The number of thioether (sulfide) groups is 1. The number of hydrogen-bond acceptors (Lipinski definition) is 5. The highest BCUT2D eigenvalue weighted by molar-refractivity contribution is 9.09. The number of nitrogens with zero attached hydrogens (tertiary/aromatic N) is 1. The highest BCUT2D eigenvalue weighted by Gasteiger charge is 2.49. The van der Waals surface area contributed by atoms with Crippen molar-refractivity contribution < 1.29 is 9.59 Å². The Morgan fingerprint density at radius 2 is 2.33 bits per heavy atom. The van der Waals surface area contributed by atoms with E-state index in [-0.39, 0.29) is 32.9 Å². The number of alkyl halides is 1. The van der Waals surface area contributed by atoms with E-state index in [1.54, 1.807) is 11.8 Å². The predicted molar refractivity (Wildman–Crippen MR) is 111 cm³/mol. The van der Waals surface area contributed by atoms with Crippen molar-refractivity contribution in [1.29, 1.82) is 0 Å². The third-order valence-corrected chi connectivity index (χ3v) is 8.02. The second-order valence-corrected chi connectivity index (χ2v) is 10.4. The molecular weight excluding hydrogens is 426 g/mol. The van der Waals surface area contributed by atoms with E-state index in [0.717, 1.165) is 36.2 Å². The number of aromatic amines is 1. The molecule has 0 saturated carbocycles. The molecule has 1 saturated heterocycles. The summed E-state index contributed by atoms with van der Waals surface area (Å²) in [5.74, 6) is 0.311. The second-order valence-electron chi connectivity index (χ2n) is 7.58. The van der Waals surface area contributed by atoms with Crippen LogP contribution in [0.25, 0.3) is 0 Å². The average Bonchev–Trinajstić information content (AvgIpc) is 3.21. The van der Waals surface area contributed by atoms with Gasteiger partial charge in [-0.15, -0.1) is 11.8 Å². The van der Waals surface area contributed by atoms with Crippen molar-refractivity contribution in [2.45, 2.75) is 41.6 Å². The minimum atomic E-state index is -0.0207. The summed E-state index contributed by atoms with van der Waals surface area (Å²) in [5.41, 5.74) is 6.13. The van der Waals surface area contributed by atoms with Gasteiger partial charge in [-0.2, -0.15) is 0 Å². The number of carbonyl (C=O) groups excluding carboxylic acids is 2. The number of halogens is 1. The summed E-state index contributed by atoms with van der Waals surface area (Å²) in [6.07, 6.45) is 4.20. The number of ketones is 2. The summed E-state index contributed by atoms with van der Waals surface area (Å²) in [4.78, 5) is 33.7. The number of allylic oxidation sites excluding steroid dienone is 3. The SMILES string of the molecule is C=C(C(=O)CC1S[C@@H]2CC1C1=C(N2)C(=O)c2[nH]cc3c2C1=NCC3)C(C)Br. The normalized spacial score (nSPS) is 28.9. The number of carbonyl (C=O) groups is 2. The number of fused-ring (bicyclic) bond motifs is 4. The zero-order valence-corrected chi connectivity index (χ0v) is 17.4. The van der Waals surface area contributed by atoms with Crippen LogP contribution in [-0.4, -0.2) is 44.3 Å². The van der Waals surface area contributed by atoms with Crippen molar-refractivity contribution in [1.82, 2.24) is 10.3 Å². The van der Waals surface area contributed by atoms with Crippen molar-refractivity contribution in [3.63, 3.8) is 0 Å². The van der Waals surface area contributed by atoms with E-state index in [9.17, 15) is 9.59 Å². The van der Waals surface area contributed by atoms with Crippen LogP contribution < -0.4 is 5.32 Å². The quantitative estimate of drug-likeness (QED) is 0.551. The van der Waals surface area contributed by atoms with E-state index in [1.165, 1.54) is 5.56 Å². The molecule has 5 rings (SSSR count). The minimum absolute atomic E-state index is 0.0207. The van der Waals surface area contributed by atoms with Crippen LogP contribution in [0.4, 0.5) is 0 Å². The molecule has 4 atom stereocenters. The van der Waals surface area contributed by atoms with Gasteiger partial charge in [0.05, 0.1) is 22.5 Å². The molecule has 3 aliphatic heterocycles. The van der Waals surface area contributed by atoms with Crippen LogP contribution in [0.3, 0.4) is 0 Å². The Bertz CT molecular complexity index is 958. The van der Waals surface area contributed by atoms with Gasteiger partial charge in [0.25, 0.3) is 0 Å². The number of H-pyrrole nitrogens is 1. The first-order chi connectivity index (χ1) is 13.0. The van der Waals surface area contributed by atoms with E-state index in [0.29, 0.717) is 23.4 Å². The summed E-state index contributed by atoms with van der Waals surface area (Å²) >= 11 is 5.22. The lowest BCUT2D eigenvalue weighted by Gasteiger charge is -2.33. The molecule has 1 aromatic rings. The number of hydrogen-bond donors (Lipinski definition) is 2. The molecule has 5 nitrogen and oxygen atoms in total. The molecule has 0 aromatic carbocycles. The molecule has 4 aliphatic rings. The summed E-state index contributed by atoms with van der Waals surface area (Å²) in [6.45, 7) is 6.60. The number of nitrogens with one attached hydrogen (secondary N) is 2. The van der Waals surface area contributed by atoms with Gasteiger partial charge in [0.1, 0.15) is 0 Å². The summed E-state index contributed by atoms with van der Waals surface area (Å²) in [5, 5.41) is 3.76. The van der Waals surface area contributed by atoms with Crippen LogP contribution in [0, 0.1) is 5.92 Å². The monoisotopic (exact) mass is 445 g/mol. The summed E-state index contributed by atoms with van der Waals surface area (Å²) < 4.78 is 0. The van der Waals surface area contributed by atoms with E-state index >= 15 is 0 Å². The molecule has 140 valence electrons.